The Morgan fingerprint density at radius 1 is 1.38 bits per heavy atom. The topological polar surface area (TPSA) is 61.4 Å². The second-order valence-corrected chi connectivity index (χ2v) is 5.58. The molecule has 1 fully saturated rings. The third-order valence-electron chi connectivity index (χ3n) is 3.72. The van der Waals surface area contributed by atoms with Crippen molar-refractivity contribution >= 4 is 11.8 Å². The van der Waals surface area contributed by atoms with E-state index < -0.39 is 0 Å². The Labute approximate surface area is 125 Å². The molecule has 2 N–H and O–H groups in total. The maximum absolute atomic E-state index is 12.3. The van der Waals surface area contributed by atoms with E-state index in [1.165, 1.54) is 0 Å². The quantitative estimate of drug-likeness (QED) is 0.870. The fourth-order valence-electron chi connectivity index (χ4n) is 2.54. The van der Waals surface area contributed by atoms with Gasteiger partial charge in [-0.25, -0.2) is 0 Å². The summed E-state index contributed by atoms with van der Waals surface area (Å²) >= 11 is 0. The Kier molecular flexibility index (Phi) is 5.33. The Morgan fingerprint density at radius 3 is 2.76 bits per heavy atom. The van der Waals surface area contributed by atoms with Crippen LogP contribution in [0, 0.1) is 0 Å². The summed E-state index contributed by atoms with van der Waals surface area (Å²) in [4.78, 5) is 26.2. The van der Waals surface area contributed by atoms with Crippen LogP contribution in [0.15, 0.2) is 30.3 Å². The molecule has 1 aliphatic heterocycles. The summed E-state index contributed by atoms with van der Waals surface area (Å²) < 4.78 is 0. The number of hydrogen-bond donors (Lipinski definition) is 2. The van der Waals surface area contributed by atoms with Gasteiger partial charge in [0.25, 0.3) is 5.91 Å². The molecule has 1 unspecified atom stereocenters. The van der Waals surface area contributed by atoms with Crippen LogP contribution in [0.4, 0.5) is 0 Å². The minimum absolute atomic E-state index is 0.102. The first-order valence-corrected chi connectivity index (χ1v) is 7.44. The van der Waals surface area contributed by atoms with E-state index in [-0.39, 0.29) is 23.9 Å². The molecule has 2 amide bonds. The van der Waals surface area contributed by atoms with E-state index in [0.717, 1.165) is 19.6 Å². The van der Waals surface area contributed by atoms with Gasteiger partial charge in [-0.2, -0.15) is 0 Å². The van der Waals surface area contributed by atoms with Crippen molar-refractivity contribution in [3.05, 3.63) is 35.9 Å². The fraction of sp³-hybridized carbons (Fsp3) is 0.500. The van der Waals surface area contributed by atoms with Gasteiger partial charge in [0.2, 0.25) is 5.91 Å². The highest BCUT2D eigenvalue weighted by Gasteiger charge is 2.24. The Morgan fingerprint density at radius 2 is 2.10 bits per heavy atom. The van der Waals surface area contributed by atoms with E-state index >= 15 is 0 Å². The molecular formula is C16H23N3O2. The molecule has 1 heterocycles. The van der Waals surface area contributed by atoms with Gasteiger partial charge in [-0.1, -0.05) is 18.2 Å². The molecule has 5 heteroatoms. The lowest BCUT2D eigenvalue weighted by Gasteiger charge is -2.34. The Bertz CT molecular complexity index is 490. The van der Waals surface area contributed by atoms with Gasteiger partial charge in [0, 0.05) is 43.7 Å². The first kappa shape index (κ1) is 15.5. The molecule has 0 spiro atoms. The van der Waals surface area contributed by atoms with Gasteiger partial charge in [-0.15, -0.1) is 0 Å². The third kappa shape index (κ3) is 4.29. The summed E-state index contributed by atoms with van der Waals surface area (Å²) in [6.45, 7) is 6.31. The number of nitrogens with zero attached hydrogens (tertiary/aromatic N) is 1. The smallest absolute Gasteiger partial charge is 0.251 e. The van der Waals surface area contributed by atoms with Crippen molar-refractivity contribution in [2.45, 2.75) is 32.4 Å². The van der Waals surface area contributed by atoms with Crippen molar-refractivity contribution in [3.8, 4) is 0 Å². The SMILES string of the molecule is CC(CC(=O)N1CCNC[C@@H]1C)NC(=O)c1ccccc1. The molecule has 0 saturated carbocycles. The third-order valence-corrected chi connectivity index (χ3v) is 3.72. The molecule has 1 aromatic carbocycles. The van der Waals surface area contributed by atoms with E-state index in [2.05, 4.69) is 10.6 Å². The number of nitrogens with one attached hydrogen (secondary N) is 2. The fourth-order valence-corrected chi connectivity index (χ4v) is 2.54. The van der Waals surface area contributed by atoms with Crippen molar-refractivity contribution in [2.75, 3.05) is 19.6 Å². The number of amides is 2. The number of rotatable bonds is 4. The molecule has 0 bridgehead atoms. The average molecular weight is 289 g/mol. The van der Waals surface area contributed by atoms with Crippen LogP contribution in [0.2, 0.25) is 0 Å². The van der Waals surface area contributed by atoms with Gasteiger partial charge in [-0.3, -0.25) is 9.59 Å². The summed E-state index contributed by atoms with van der Waals surface area (Å²) in [6, 6.07) is 9.09. The van der Waals surface area contributed by atoms with Crippen LogP contribution in [-0.4, -0.2) is 48.4 Å². The van der Waals surface area contributed by atoms with Crippen LogP contribution < -0.4 is 10.6 Å². The van der Waals surface area contributed by atoms with Crippen LogP contribution in [0.1, 0.15) is 30.6 Å². The summed E-state index contributed by atoms with van der Waals surface area (Å²) in [5, 5.41) is 6.14. The minimum Gasteiger partial charge on any atom is -0.349 e. The van der Waals surface area contributed by atoms with Crippen LogP contribution >= 0.6 is 0 Å². The molecule has 0 radical (unpaired) electrons. The molecule has 1 saturated heterocycles. The number of piperazine rings is 1. The Hall–Kier alpha value is -1.88. The van der Waals surface area contributed by atoms with Crippen molar-refractivity contribution in [2.24, 2.45) is 0 Å². The average Bonchev–Trinajstić information content (AvgIpc) is 2.48. The highest BCUT2D eigenvalue weighted by atomic mass is 16.2. The zero-order chi connectivity index (χ0) is 15.2. The van der Waals surface area contributed by atoms with Crippen LogP contribution in [-0.2, 0) is 4.79 Å². The van der Waals surface area contributed by atoms with Crippen LogP contribution in [0.5, 0.6) is 0 Å². The highest BCUT2D eigenvalue weighted by molar-refractivity contribution is 5.94. The number of carbonyl (C=O) groups excluding carboxylic acids is 2. The molecule has 2 rings (SSSR count). The lowest BCUT2D eigenvalue weighted by Crippen LogP contribution is -2.53. The number of hydrogen-bond acceptors (Lipinski definition) is 3. The zero-order valence-corrected chi connectivity index (χ0v) is 12.6. The largest absolute Gasteiger partial charge is 0.349 e. The predicted molar refractivity (Wildman–Crippen MR) is 82.0 cm³/mol. The van der Waals surface area contributed by atoms with Gasteiger partial charge in [0.1, 0.15) is 0 Å². The van der Waals surface area contributed by atoms with Crippen LogP contribution in [0.3, 0.4) is 0 Å². The monoisotopic (exact) mass is 289 g/mol. The molecule has 21 heavy (non-hydrogen) atoms. The first-order valence-electron chi connectivity index (χ1n) is 7.44. The van der Waals surface area contributed by atoms with Crippen molar-refractivity contribution < 1.29 is 9.59 Å². The van der Waals surface area contributed by atoms with Gasteiger partial charge >= 0.3 is 0 Å². The second-order valence-electron chi connectivity index (χ2n) is 5.58. The molecule has 5 nitrogen and oxygen atoms in total. The van der Waals surface area contributed by atoms with E-state index in [0.29, 0.717) is 12.0 Å². The summed E-state index contributed by atoms with van der Waals surface area (Å²) in [7, 11) is 0. The van der Waals surface area contributed by atoms with Crippen molar-refractivity contribution in [1.29, 1.82) is 0 Å². The van der Waals surface area contributed by atoms with E-state index in [1.54, 1.807) is 12.1 Å². The summed E-state index contributed by atoms with van der Waals surface area (Å²) in [5.74, 6) is -0.0332. The van der Waals surface area contributed by atoms with E-state index in [4.69, 9.17) is 0 Å². The number of benzene rings is 1. The first-order chi connectivity index (χ1) is 10.1. The van der Waals surface area contributed by atoms with Crippen molar-refractivity contribution in [3.63, 3.8) is 0 Å². The Balaban J connectivity index is 1.85. The maximum Gasteiger partial charge on any atom is 0.251 e. The molecular weight excluding hydrogens is 266 g/mol. The second kappa shape index (κ2) is 7.22. The molecule has 1 aromatic rings. The van der Waals surface area contributed by atoms with Gasteiger partial charge < -0.3 is 15.5 Å². The van der Waals surface area contributed by atoms with Crippen molar-refractivity contribution in [1.82, 2.24) is 15.5 Å². The van der Waals surface area contributed by atoms with Gasteiger partial charge in [0.15, 0.2) is 0 Å². The number of carbonyl (C=O) groups is 2. The normalized spacial score (nSPS) is 19.9. The van der Waals surface area contributed by atoms with Gasteiger partial charge in [-0.05, 0) is 26.0 Å². The standard InChI is InChI=1S/C16H23N3O2/c1-12(18-16(21)14-6-4-3-5-7-14)10-15(20)19-9-8-17-11-13(19)2/h3-7,12-13,17H,8-11H2,1-2H3,(H,18,21)/t12?,13-/m0/s1. The zero-order valence-electron chi connectivity index (χ0n) is 12.6. The predicted octanol–water partition coefficient (Wildman–Crippen LogP) is 1.02. The summed E-state index contributed by atoms with van der Waals surface area (Å²) in [5.41, 5.74) is 0.618. The van der Waals surface area contributed by atoms with E-state index in [1.807, 2.05) is 36.9 Å². The lowest BCUT2D eigenvalue weighted by molar-refractivity contribution is -0.134. The van der Waals surface area contributed by atoms with Gasteiger partial charge in [0.05, 0.1) is 0 Å². The molecule has 0 aliphatic carbocycles. The molecule has 2 atom stereocenters. The highest BCUT2D eigenvalue weighted by Crippen LogP contribution is 2.07. The molecule has 1 aliphatic rings. The molecule has 114 valence electrons. The lowest BCUT2D eigenvalue weighted by atomic mass is 10.1. The summed E-state index contributed by atoms with van der Waals surface area (Å²) in [6.07, 6.45) is 0.336. The van der Waals surface area contributed by atoms with Crippen LogP contribution in [0.25, 0.3) is 0 Å². The van der Waals surface area contributed by atoms with E-state index in [9.17, 15) is 9.59 Å². The maximum atomic E-state index is 12.3. The minimum atomic E-state index is -0.174. The molecule has 0 aromatic heterocycles.